The molecule has 1 N–H and O–H groups in total. The number of rotatable bonds is 8. The first-order valence-electron chi connectivity index (χ1n) is 9.75. The number of carbonyl (C=O) groups is 1. The Morgan fingerprint density at radius 1 is 1.14 bits per heavy atom. The Balaban J connectivity index is 1.64. The standard InChI is InChI=1S/C22H26F2N2O2/c1-2-20(25-14-16-9-10-18(23)19(24)13-16)17-7-3-4-8-21(17)28-15-22(27)26-11-5-6-12-26/h3-4,7-10,13,20,25H,2,5-6,11-12,14-15H2,1H3. The third-order valence-electron chi connectivity index (χ3n) is 5.05. The lowest BCUT2D eigenvalue weighted by atomic mass is 10.0. The van der Waals surface area contributed by atoms with Crippen LogP contribution in [-0.2, 0) is 11.3 Å². The predicted octanol–water partition coefficient (Wildman–Crippen LogP) is 4.21. The highest BCUT2D eigenvalue weighted by atomic mass is 19.2. The number of likely N-dealkylation sites (tertiary alicyclic amines) is 1. The molecule has 1 atom stereocenters. The van der Waals surface area contributed by atoms with E-state index < -0.39 is 11.6 Å². The van der Waals surface area contributed by atoms with Crippen LogP contribution in [0.15, 0.2) is 42.5 Å². The van der Waals surface area contributed by atoms with Crippen molar-refractivity contribution in [2.24, 2.45) is 0 Å². The van der Waals surface area contributed by atoms with Crippen molar-refractivity contribution in [1.29, 1.82) is 0 Å². The van der Waals surface area contributed by atoms with Gasteiger partial charge in [0.25, 0.3) is 5.91 Å². The number of para-hydroxylation sites is 1. The third kappa shape index (κ3) is 5.07. The zero-order valence-electron chi connectivity index (χ0n) is 16.1. The summed E-state index contributed by atoms with van der Waals surface area (Å²) >= 11 is 0. The van der Waals surface area contributed by atoms with Gasteiger partial charge in [-0.05, 0) is 43.0 Å². The van der Waals surface area contributed by atoms with E-state index in [1.165, 1.54) is 6.07 Å². The van der Waals surface area contributed by atoms with Crippen LogP contribution in [0.4, 0.5) is 8.78 Å². The van der Waals surface area contributed by atoms with Crippen molar-refractivity contribution >= 4 is 5.91 Å². The van der Waals surface area contributed by atoms with Gasteiger partial charge < -0.3 is 15.0 Å². The van der Waals surface area contributed by atoms with E-state index in [1.807, 2.05) is 36.1 Å². The first-order chi connectivity index (χ1) is 13.6. The molecule has 2 aromatic rings. The Bertz CT molecular complexity index is 807. The maximum absolute atomic E-state index is 13.4. The fourth-order valence-electron chi connectivity index (χ4n) is 3.46. The van der Waals surface area contributed by atoms with Crippen molar-refractivity contribution in [3.05, 3.63) is 65.2 Å². The maximum Gasteiger partial charge on any atom is 0.260 e. The van der Waals surface area contributed by atoms with E-state index in [0.29, 0.717) is 17.9 Å². The largest absolute Gasteiger partial charge is 0.483 e. The summed E-state index contributed by atoms with van der Waals surface area (Å²) in [5, 5.41) is 3.37. The first kappa shape index (κ1) is 20.3. The molecule has 1 aliphatic rings. The maximum atomic E-state index is 13.4. The van der Waals surface area contributed by atoms with Crippen LogP contribution in [0.2, 0.25) is 0 Å². The van der Waals surface area contributed by atoms with Crippen LogP contribution in [0.1, 0.15) is 43.4 Å². The fraction of sp³-hybridized carbons (Fsp3) is 0.409. The number of nitrogens with zero attached hydrogens (tertiary/aromatic N) is 1. The first-order valence-corrected chi connectivity index (χ1v) is 9.75. The van der Waals surface area contributed by atoms with E-state index in [2.05, 4.69) is 5.32 Å². The number of hydrogen-bond acceptors (Lipinski definition) is 3. The number of halogens is 2. The second-order valence-electron chi connectivity index (χ2n) is 7.00. The van der Waals surface area contributed by atoms with Gasteiger partial charge in [0.2, 0.25) is 0 Å². The summed E-state index contributed by atoms with van der Waals surface area (Å²) in [6.07, 6.45) is 2.88. The zero-order chi connectivity index (χ0) is 19.9. The Hall–Kier alpha value is -2.47. The van der Waals surface area contributed by atoms with Gasteiger partial charge in [-0.25, -0.2) is 8.78 Å². The molecule has 0 radical (unpaired) electrons. The van der Waals surface area contributed by atoms with Gasteiger partial charge in [-0.15, -0.1) is 0 Å². The van der Waals surface area contributed by atoms with Gasteiger partial charge in [0.05, 0.1) is 0 Å². The topological polar surface area (TPSA) is 41.6 Å². The molecule has 2 aromatic carbocycles. The molecule has 0 aliphatic carbocycles. The minimum absolute atomic E-state index is 0.00935. The van der Waals surface area contributed by atoms with Crippen molar-refractivity contribution in [2.45, 2.75) is 38.8 Å². The van der Waals surface area contributed by atoms with Crippen molar-refractivity contribution < 1.29 is 18.3 Å². The lowest BCUT2D eigenvalue weighted by Crippen LogP contribution is -2.32. The molecule has 1 unspecified atom stereocenters. The zero-order valence-corrected chi connectivity index (χ0v) is 16.1. The van der Waals surface area contributed by atoms with E-state index in [1.54, 1.807) is 6.07 Å². The molecule has 3 rings (SSSR count). The molecule has 1 heterocycles. The Morgan fingerprint density at radius 3 is 2.61 bits per heavy atom. The molecule has 0 saturated carbocycles. The van der Waals surface area contributed by atoms with Crippen LogP contribution >= 0.6 is 0 Å². The highest BCUT2D eigenvalue weighted by Gasteiger charge is 2.20. The molecule has 150 valence electrons. The molecule has 1 saturated heterocycles. The van der Waals surface area contributed by atoms with Crippen LogP contribution in [0.25, 0.3) is 0 Å². The summed E-state index contributed by atoms with van der Waals surface area (Å²) < 4.78 is 32.4. The number of hydrogen-bond donors (Lipinski definition) is 1. The van der Waals surface area contributed by atoms with E-state index >= 15 is 0 Å². The molecule has 1 amide bonds. The average Bonchev–Trinajstić information content (AvgIpc) is 3.25. The summed E-state index contributed by atoms with van der Waals surface area (Å²) in [4.78, 5) is 14.1. The van der Waals surface area contributed by atoms with Crippen LogP contribution in [0.5, 0.6) is 5.75 Å². The minimum Gasteiger partial charge on any atom is -0.483 e. The third-order valence-corrected chi connectivity index (χ3v) is 5.05. The minimum atomic E-state index is -0.850. The summed E-state index contributed by atoms with van der Waals surface area (Å²) in [5.74, 6) is -1.02. The van der Waals surface area contributed by atoms with Gasteiger partial charge >= 0.3 is 0 Å². The Kier molecular flexibility index (Phi) is 6.98. The predicted molar refractivity (Wildman–Crippen MR) is 104 cm³/mol. The van der Waals surface area contributed by atoms with Gasteiger partial charge in [0, 0.05) is 31.2 Å². The highest BCUT2D eigenvalue weighted by molar-refractivity contribution is 5.78. The molecule has 1 aliphatic heterocycles. The monoisotopic (exact) mass is 388 g/mol. The van der Waals surface area contributed by atoms with E-state index in [0.717, 1.165) is 44.0 Å². The van der Waals surface area contributed by atoms with Crippen molar-refractivity contribution in [2.75, 3.05) is 19.7 Å². The van der Waals surface area contributed by atoms with Crippen LogP contribution in [0, 0.1) is 11.6 Å². The summed E-state index contributed by atoms with van der Waals surface area (Å²) in [6, 6.07) is 11.5. The SMILES string of the molecule is CCC(NCc1ccc(F)c(F)c1)c1ccccc1OCC(=O)N1CCCC1. The van der Waals surface area contributed by atoms with Crippen molar-refractivity contribution in [3.8, 4) is 5.75 Å². The van der Waals surface area contributed by atoms with Crippen LogP contribution < -0.4 is 10.1 Å². The van der Waals surface area contributed by atoms with Crippen molar-refractivity contribution in [3.63, 3.8) is 0 Å². The molecule has 4 nitrogen and oxygen atoms in total. The van der Waals surface area contributed by atoms with E-state index in [4.69, 9.17) is 4.74 Å². The molecule has 28 heavy (non-hydrogen) atoms. The highest BCUT2D eigenvalue weighted by Crippen LogP contribution is 2.28. The number of amides is 1. The lowest BCUT2D eigenvalue weighted by molar-refractivity contribution is -0.132. The van der Waals surface area contributed by atoms with Crippen molar-refractivity contribution in [1.82, 2.24) is 10.2 Å². The molecule has 0 aromatic heterocycles. The second-order valence-corrected chi connectivity index (χ2v) is 7.00. The molecule has 6 heteroatoms. The summed E-state index contributed by atoms with van der Waals surface area (Å²) in [7, 11) is 0. The van der Waals surface area contributed by atoms with E-state index in [9.17, 15) is 13.6 Å². The van der Waals surface area contributed by atoms with Gasteiger partial charge in [0.1, 0.15) is 5.75 Å². The van der Waals surface area contributed by atoms with Crippen LogP contribution in [-0.4, -0.2) is 30.5 Å². The number of carbonyl (C=O) groups excluding carboxylic acids is 1. The number of nitrogens with one attached hydrogen (secondary N) is 1. The molecular formula is C22H26F2N2O2. The molecule has 0 spiro atoms. The summed E-state index contributed by atoms with van der Waals surface area (Å²) in [5.41, 5.74) is 1.61. The van der Waals surface area contributed by atoms with E-state index in [-0.39, 0.29) is 18.6 Å². The van der Waals surface area contributed by atoms with Gasteiger partial charge in [0.15, 0.2) is 18.2 Å². The van der Waals surface area contributed by atoms with Gasteiger partial charge in [-0.1, -0.05) is 31.2 Å². The average molecular weight is 388 g/mol. The molecular weight excluding hydrogens is 362 g/mol. The van der Waals surface area contributed by atoms with Crippen LogP contribution in [0.3, 0.4) is 0 Å². The fourth-order valence-corrected chi connectivity index (χ4v) is 3.46. The number of benzene rings is 2. The smallest absolute Gasteiger partial charge is 0.260 e. The number of ether oxygens (including phenoxy) is 1. The second kappa shape index (κ2) is 9.64. The quantitative estimate of drug-likeness (QED) is 0.737. The van der Waals surface area contributed by atoms with Gasteiger partial charge in [-0.3, -0.25) is 4.79 Å². The summed E-state index contributed by atoms with van der Waals surface area (Å²) in [6.45, 7) is 4.07. The molecule has 0 bridgehead atoms. The lowest BCUT2D eigenvalue weighted by Gasteiger charge is -2.22. The molecule has 1 fully saturated rings. The normalized spacial score (nSPS) is 14.9. The Labute approximate surface area is 164 Å². The Morgan fingerprint density at radius 2 is 1.89 bits per heavy atom. The van der Waals surface area contributed by atoms with Gasteiger partial charge in [-0.2, -0.15) is 0 Å².